The van der Waals surface area contributed by atoms with Crippen LogP contribution in [0.2, 0.25) is 19.6 Å². The molecule has 0 radical (unpaired) electrons. The van der Waals surface area contributed by atoms with Gasteiger partial charge in [0.15, 0.2) is 0 Å². The van der Waals surface area contributed by atoms with Crippen LogP contribution in [0.5, 0.6) is 0 Å². The Labute approximate surface area is 175 Å². The van der Waals surface area contributed by atoms with Crippen LogP contribution < -0.4 is 10.8 Å². The second-order valence-corrected chi connectivity index (χ2v) is 15.3. The van der Waals surface area contributed by atoms with Crippen molar-refractivity contribution in [3.8, 4) is 0 Å². The van der Waals surface area contributed by atoms with Gasteiger partial charge < -0.3 is 14.0 Å². The van der Waals surface area contributed by atoms with Crippen molar-refractivity contribution in [3.63, 3.8) is 0 Å². The molecule has 1 aromatic carbocycles. The van der Waals surface area contributed by atoms with E-state index in [2.05, 4.69) is 76.3 Å². The van der Waals surface area contributed by atoms with Crippen LogP contribution in [0, 0.1) is 0 Å². The Morgan fingerprint density at radius 2 is 1.72 bits per heavy atom. The van der Waals surface area contributed by atoms with Gasteiger partial charge in [-0.2, -0.15) is 5.10 Å². The zero-order valence-electron chi connectivity index (χ0n) is 18.8. The van der Waals surface area contributed by atoms with E-state index in [1.165, 1.54) is 16.6 Å². The summed E-state index contributed by atoms with van der Waals surface area (Å²) < 4.78 is 21.2. The van der Waals surface area contributed by atoms with Crippen molar-refractivity contribution >= 4 is 26.0 Å². The second-order valence-electron chi connectivity index (χ2n) is 10.4. The molecule has 0 unspecified atom stereocenters. The van der Waals surface area contributed by atoms with Crippen molar-refractivity contribution in [2.24, 2.45) is 0 Å². The Bertz CT molecular complexity index is 873. The molecule has 1 atom stereocenters. The molecule has 1 aromatic heterocycles. The molecule has 0 bridgehead atoms. The summed E-state index contributed by atoms with van der Waals surface area (Å²) in [7, 11) is -2.02. The fraction of sp³-hybridized carbons (Fsp3) is 0.591. The van der Waals surface area contributed by atoms with Crippen molar-refractivity contribution in [1.29, 1.82) is 0 Å². The van der Waals surface area contributed by atoms with E-state index >= 15 is 0 Å². The van der Waals surface area contributed by atoms with Gasteiger partial charge in [-0.15, -0.1) is 0 Å². The molecule has 0 aliphatic carbocycles. The van der Waals surface area contributed by atoms with Gasteiger partial charge in [-0.25, -0.2) is 0 Å². The van der Waals surface area contributed by atoms with E-state index in [4.69, 9.17) is 19.1 Å². The molecule has 2 aliphatic heterocycles. The summed E-state index contributed by atoms with van der Waals surface area (Å²) in [5.74, 6) is 0. The molecule has 156 valence electrons. The molecular weight excluding hydrogens is 379 g/mol. The minimum Gasteiger partial charge on any atom is -0.399 e. The number of fused-ring (bicyclic) bond motifs is 1. The van der Waals surface area contributed by atoms with Crippen LogP contribution in [-0.4, -0.2) is 42.3 Å². The van der Waals surface area contributed by atoms with Gasteiger partial charge in [0.25, 0.3) is 0 Å². The first kappa shape index (κ1) is 20.8. The minimum atomic E-state index is -1.66. The maximum Gasteiger partial charge on any atom is 0.498 e. The maximum absolute atomic E-state index is 6.44. The molecule has 3 heterocycles. The number of benzene rings is 1. The number of rotatable bonds is 5. The van der Waals surface area contributed by atoms with Crippen LogP contribution in [0.15, 0.2) is 30.3 Å². The van der Waals surface area contributed by atoms with Crippen LogP contribution in [-0.2, 0) is 33.6 Å². The predicted molar refractivity (Wildman–Crippen MR) is 120 cm³/mol. The van der Waals surface area contributed by atoms with E-state index in [-0.39, 0.29) is 24.4 Å². The lowest BCUT2D eigenvalue weighted by atomic mass is 9.78. The molecule has 0 saturated carbocycles. The highest BCUT2D eigenvalue weighted by Gasteiger charge is 2.54. The average molecular weight is 412 g/mol. The summed E-state index contributed by atoms with van der Waals surface area (Å²) in [4.78, 5) is 0. The number of nitrogens with zero attached hydrogens (tertiary/aromatic N) is 2. The summed E-state index contributed by atoms with van der Waals surface area (Å²) in [6.45, 7) is 16.9. The highest BCUT2D eigenvalue weighted by molar-refractivity contribution is 6.92. The molecule has 0 spiro atoms. The molecular formula is C22H33BN2O3Si. The van der Waals surface area contributed by atoms with Gasteiger partial charge in [0.1, 0.15) is 8.07 Å². The Morgan fingerprint density at radius 1 is 1.10 bits per heavy atom. The summed E-state index contributed by atoms with van der Waals surface area (Å²) in [6.07, 6.45) is 0.985. The summed E-state index contributed by atoms with van der Waals surface area (Å²) >= 11 is 0. The van der Waals surface area contributed by atoms with Crippen molar-refractivity contribution in [1.82, 2.24) is 9.78 Å². The topological polar surface area (TPSA) is 45.5 Å². The van der Waals surface area contributed by atoms with Crippen LogP contribution in [0.25, 0.3) is 0 Å². The van der Waals surface area contributed by atoms with Crippen LogP contribution >= 0.6 is 0 Å². The third-order valence-corrected chi connectivity index (χ3v) is 8.21. The average Bonchev–Trinajstić information content (AvgIpc) is 3.22. The minimum absolute atomic E-state index is 0.134. The maximum atomic E-state index is 6.44. The monoisotopic (exact) mass is 412 g/mol. The third kappa shape index (κ3) is 3.85. The van der Waals surface area contributed by atoms with Crippen LogP contribution in [0.1, 0.15) is 39.0 Å². The fourth-order valence-electron chi connectivity index (χ4n) is 4.01. The quantitative estimate of drug-likeness (QED) is 0.709. The van der Waals surface area contributed by atoms with E-state index in [1.807, 2.05) is 6.07 Å². The second kappa shape index (κ2) is 7.08. The Balaban J connectivity index is 1.59. The molecule has 29 heavy (non-hydrogen) atoms. The normalized spacial score (nSPS) is 22.9. The first-order chi connectivity index (χ1) is 13.5. The van der Waals surface area contributed by atoms with E-state index in [0.29, 0.717) is 6.61 Å². The molecule has 2 aromatic rings. The molecule has 7 heteroatoms. The zero-order valence-corrected chi connectivity index (χ0v) is 19.8. The Kier molecular flexibility index (Phi) is 5.09. The van der Waals surface area contributed by atoms with E-state index in [1.54, 1.807) is 0 Å². The third-order valence-electron chi connectivity index (χ3n) is 6.42. The molecule has 5 nitrogen and oxygen atoms in total. The van der Waals surface area contributed by atoms with Crippen molar-refractivity contribution < 1.29 is 14.0 Å². The number of hydrogen-bond acceptors (Lipinski definition) is 4. The first-order valence-corrected chi connectivity index (χ1v) is 14.1. The smallest absolute Gasteiger partial charge is 0.399 e. The first-order valence-electron chi connectivity index (χ1n) is 10.6. The van der Waals surface area contributed by atoms with Gasteiger partial charge in [-0.1, -0.05) is 50.0 Å². The highest BCUT2D eigenvalue weighted by Crippen LogP contribution is 2.37. The molecule has 0 amide bonds. The van der Waals surface area contributed by atoms with Gasteiger partial charge in [-0.05, 0) is 33.3 Å². The van der Waals surface area contributed by atoms with Crippen molar-refractivity contribution in [3.05, 3.63) is 41.6 Å². The SMILES string of the molecule is CC1(C)OB(c2c([Si](C)(C)C)nn3c2C[C@@H](OCc2ccccc2)C3)OC1(C)C. The van der Waals surface area contributed by atoms with Gasteiger partial charge in [0.05, 0.1) is 30.5 Å². The molecule has 2 aliphatic rings. The fourth-order valence-corrected chi connectivity index (χ4v) is 5.50. The van der Waals surface area contributed by atoms with E-state index in [9.17, 15) is 0 Å². The lowest BCUT2D eigenvalue weighted by Gasteiger charge is -2.32. The van der Waals surface area contributed by atoms with E-state index < -0.39 is 8.07 Å². The van der Waals surface area contributed by atoms with Crippen LogP contribution in [0.4, 0.5) is 0 Å². The lowest BCUT2D eigenvalue weighted by Crippen LogP contribution is -2.55. The van der Waals surface area contributed by atoms with Gasteiger partial charge in [-0.3, -0.25) is 4.68 Å². The standard InChI is InChI=1S/C22H33BN2O3Si/c1-21(2)22(3,4)28-23(27-21)19-18-13-17(26-15-16-11-9-8-10-12-16)14-25(18)24-20(19)29(5,6)7/h8-12,17H,13-15H2,1-7H3/t17-/m1/s1. The van der Waals surface area contributed by atoms with Crippen molar-refractivity contribution in [2.75, 3.05) is 0 Å². The van der Waals surface area contributed by atoms with Gasteiger partial charge in [0, 0.05) is 22.9 Å². The molecule has 1 fully saturated rings. The largest absolute Gasteiger partial charge is 0.498 e. The lowest BCUT2D eigenvalue weighted by molar-refractivity contribution is 0.00578. The summed E-state index contributed by atoms with van der Waals surface area (Å²) in [5.41, 5.74) is 2.87. The van der Waals surface area contributed by atoms with Gasteiger partial charge >= 0.3 is 7.12 Å². The van der Waals surface area contributed by atoms with Crippen LogP contribution in [0.3, 0.4) is 0 Å². The highest BCUT2D eigenvalue weighted by atomic mass is 28.3. The number of ether oxygens (including phenoxy) is 1. The zero-order chi connectivity index (χ0) is 21.0. The molecule has 0 N–H and O–H groups in total. The number of aromatic nitrogens is 2. The van der Waals surface area contributed by atoms with Gasteiger partial charge in [0.2, 0.25) is 0 Å². The van der Waals surface area contributed by atoms with E-state index in [0.717, 1.165) is 18.4 Å². The molecule has 4 rings (SSSR count). The van der Waals surface area contributed by atoms with Crippen molar-refractivity contribution in [2.45, 2.75) is 84.2 Å². The Hall–Kier alpha value is -1.41. The summed E-state index contributed by atoms with van der Waals surface area (Å²) in [6, 6.07) is 10.3. The predicted octanol–water partition coefficient (Wildman–Crippen LogP) is 2.87. The Morgan fingerprint density at radius 3 is 2.31 bits per heavy atom. The molecule has 1 saturated heterocycles. The summed E-state index contributed by atoms with van der Waals surface area (Å²) in [5, 5.41) is 6.25. The number of hydrogen-bond donors (Lipinski definition) is 0.